The first-order valence-corrected chi connectivity index (χ1v) is 12.2. The summed E-state index contributed by atoms with van der Waals surface area (Å²) in [5.41, 5.74) is 9.76. The van der Waals surface area contributed by atoms with E-state index >= 15 is 0 Å². The first-order chi connectivity index (χ1) is 16.1. The van der Waals surface area contributed by atoms with E-state index in [4.69, 9.17) is 10.5 Å². The number of carbonyl (C=O) groups is 1. The Morgan fingerprint density at radius 1 is 1.21 bits per heavy atom. The fourth-order valence-corrected chi connectivity index (χ4v) is 4.31. The zero-order valence-electron chi connectivity index (χ0n) is 21.1. The van der Waals surface area contributed by atoms with Crippen molar-refractivity contribution in [2.45, 2.75) is 71.8 Å². The van der Waals surface area contributed by atoms with Gasteiger partial charge in [-0.05, 0) is 81.8 Å². The van der Waals surface area contributed by atoms with Crippen LogP contribution in [-0.4, -0.2) is 53.4 Å². The summed E-state index contributed by atoms with van der Waals surface area (Å²) in [7, 11) is 0. The average molecular weight is 469 g/mol. The molecule has 7 heteroatoms. The van der Waals surface area contributed by atoms with Gasteiger partial charge in [-0.25, -0.2) is 0 Å². The third kappa shape index (κ3) is 6.21. The fraction of sp³-hybridized carbons (Fsp3) is 0.519. The Morgan fingerprint density at radius 2 is 1.85 bits per heavy atom. The number of carbonyl (C=O) groups excluding carboxylic acids is 1. The van der Waals surface area contributed by atoms with Crippen molar-refractivity contribution >= 4 is 17.3 Å². The first kappa shape index (κ1) is 25.8. The molecule has 1 fully saturated rings. The molecule has 1 aliphatic rings. The molecule has 3 rings (SSSR count). The number of aliphatic hydroxyl groups excluding tert-OH is 1. The summed E-state index contributed by atoms with van der Waals surface area (Å²) in [4.78, 5) is 15.5. The van der Waals surface area contributed by atoms with Gasteiger partial charge < -0.3 is 26.2 Å². The Hall–Kier alpha value is -2.77. The molecule has 34 heavy (non-hydrogen) atoms. The smallest absolute Gasteiger partial charge is 0.264 e. The van der Waals surface area contributed by atoms with Gasteiger partial charge in [-0.3, -0.25) is 9.69 Å². The second kappa shape index (κ2) is 11.1. The van der Waals surface area contributed by atoms with Crippen molar-refractivity contribution in [3.05, 3.63) is 53.1 Å². The van der Waals surface area contributed by atoms with E-state index in [1.54, 1.807) is 0 Å². The number of nitrogens with zero attached hydrogens (tertiary/aromatic N) is 1. The predicted molar refractivity (Wildman–Crippen MR) is 138 cm³/mol. The second-order valence-corrected chi connectivity index (χ2v) is 9.62. The number of nitrogens with two attached hydrogens (primary N) is 1. The van der Waals surface area contributed by atoms with E-state index in [1.807, 2.05) is 71.0 Å². The summed E-state index contributed by atoms with van der Waals surface area (Å²) in [5.74, 6) is 0.615. The molecule has 2 aromatic carbocycles. The number of likely N-dealkylation sites (tertiary alicyclic amines) is 1. The van der Waals surface area contributed by atoms with Crippen molar-refractivity contribution in [2.75, 3.05) is 30.7 Å². The predicted octanol–water partition coefficient (Wildman–Crippen LogP) is 3.75. The number of piperidine rings is 1. The van der Waals surface area contributed by atoms with Crippen LogP contribution in [0.2, 0.25) is 0 Å². The topological polar surface area (TPSA) is 99.8 Å². The molecule has 0 aromatic heterocycles. The average Bonchev–Trinajstić information content (AvgIpc) is 2.82. The van der Waals surface area contributed by atoms with Crippen LogP contribution in [0, 0.1) is 20.8 Å². The van der Waals surface area contributed by atoms with Crippen molar-refractivity contribution in [1.29, 1.82) is 0 Å². The van der Waals surface area contributed by atoms with E-state index in [0.717, 1.165) is 54.0 Å². The number of hydrogen-bond acceptors (Lipinski definition) is 6. The Labute approximate surface area is 203 Å². The van der Waals surface area contributed by atoms with Crippen LogP contribution < -0.4 is 21.1 Å². The van der Waals surface area contributed by atoms with E-state index in [1.165, 1.54) is 0 Å². The molecule has 1 aliphatic heterocycles. The largest absolute Gasteiger partial charge is 0.477 e. The highest BCUT2D eigenvalue weighted by atomic mass is 16.5. The van der Waals surface area contributed by atoms with Crippen LogP contribution in [-0.2, 0) is 4.79 Å². The molecule has 0 saturated carbocycles. The lowest BCUT2D eigenvalue weighted by atomic mass is 9.98. The molecule has 0 radical (unpaired) electrons. The van der Waals surface area contributed by atoms with Crippen LogP contribution in [0.15, 0.2) is 36.4 Å². The Bertz CT molecular complexity index is 974. The number of benzene rings is 2. The molecule has 1 heterocycles. The molecule has 5 N–H and O–H groups in total. The van der Waals surface area contributed by atoms with Crippen molar-refractivity contribution < 1.29 is 14.6 Å². The van der Waals surface area contributed by atoms with E-state index in [9.17, 15) is 9.90 Å². The number of aryl methyl sites for hydroxylation is 1. The van der Waals surface area contributed by atoms with Crippen molar-refractivity contribution in [1.82, 2.24) is 10.2 Å². The van der Waals surface area contributed by atoms with Gasteiger partial charge in [-0.2, -0.15) is 0 Å². The minimum absolute atomic E-state index is 0.0911. The Kier molecular flexibility index (Phi) is 8.44. The number of nitrogen functional groups attached to an aromatic ring is 1. The lowest BCUT2D eigenvalue weighted by Gasteiger charge is -2.36. The summed E-state index contributed by atoms with van der Waals surface area (Å²) in [6, 6.07) is 11.7. The molecule has 2 aromatic rings. The number of hydrogen-bond donors (Lipinski definition) is 4. The van der Waals surface area contributed by atoms with Gasteiger partial charge in [0.25, 0.3) is 5.91 Å². The van der Waals surface area contributed by atoms with E-state index in [-0.39, 0.29) is 11.9 Å². The maximum atomic E-state index is 13.3. The van der Waals surface area contributed by atoms with E-state index in [2.05, 4.69) is 15.5 Å². The minimum Gasteiger partial charge on any atom is -0.477 e. The maximum Gasteiger partial charge on any atom is 0.264 e. The van der Waals surface area contributed by atoms with Gasteiger partial charge >= 0.3 is 0 Å². The highest BCUT2D eigenvalue weighted by Crippen LogP contribution is 2.32. The number of nitrogens with one attached hydrogen (secondary N) is 2. The molecule has 2 atom stereocenters. The van der Waals surface area contributed by atoms with Gasteiger partial charge in [0, 0.05) is 37.1 Å². The molecular weight excluding hydrogens is 428 g/mol. The van der Waals surface area contributed by atoms with Crippen molar-refractivity contribution in [2.24, 2.45) is 0 Å². The third-order valence-electron chi connectivity index (χ3n) is 7.06. The zero-order valence-corrected chi connectivity index (χ0v) is 21.1. The number of amides is 1. The monoisotopic (exact) mass is 468 g/mol. The maximum absolute atomic E-state index is 13.3. The lowest BCUT2D eigenvalue weighted by Crippen LogP contribution is -2.54. The molecule has 0 bridgehead atoms. The first-order valence-electron chi connectivity index (χ1n) is 12.2. The molecule has 0 spiro atoms. The van der Waals surface area contributed by atoms with Crippen LogP contribution in [0.5, 0.6) is 5.75 Å². The number of para-hydroxylation sites is 1. The van der Waals surface area contributed by atoms with Crippen LogP contribution in [0.4, 0.5) is 11.4 Å². The minimum atomic E-state index is -0.966. The van der Waals surface area contributed by atoms with Gasteiger partial charge in [0.1, 0.15) is 12.0 Å². The Morgan fingerprint density at radius 3 is 2.47 bits per heavy atom. The van der Waals surface area contributed by atoms with Gasteiger partial charge in [-0.15, -0.1) is 0 Å². The van der Waals surface area contributed by atoms with Gasteiger partial charge in [0.05, 0.1) is 0 Å². The van der Waals surface area contributed by atoms with E-state index < -0.39 is 11.8 Å². The molecule has 1 saturated heterocycles. The van der Waals surface area contributed by atoms with E-state index in [0.29, 0.717) is 18.7 Å². The summed E-state index contributed by atoms with van der Waals surface area (Å²) < 4.78 is 6.31. The van der Waals surface area contributed by atoms with Gasteiger partial charge in [0.2, 0.25) is 0 Å². The van der Waals surface area contributed by atoms with Crippen molar-refractivity contribution in [3.63, 3.8) is 0 Å². The van der Waals surface area contributed by atoms with Crippen LogP contribution in [0.1, 0.15) is 49.8 Å². The zero-order chi connectivity index (χ0) is 24.9. The summed E-state index contributed by atoms with van der Waals surface area (Å²) in [6.07, 6.45) is 1.59. The van der Waals surface area contributed by atoms with Crippen LogP contribution in [0.25, 0.3) is 0 Å². The van der Waals surface area contributed by atoms with Crippen LogP contribution >= 0.6 is 0 Å². The summed E-state index contributed by atoms with van der Waals surface area (Å²) in [5, 5.41) is 16.7. The lowest BCUT2D eigenvalue weighted by molar-refractivity contribution is -0.137. The Balaban J connectivity index is 1.53. The van der Waals surface area contributed by atoms with Crippen LogP contribution in [0.3, 0.4) is 0 Å². The highest BCUT2D eigenvalue weighted by molar-refractivity contribution is 5.85. The third-order valence-corrected chi connectivity index (χ3v) is 7.06. The fourth-order valence-electron chi connectivity index (χ4n) is 4.31. The number of β-amino-alcohol motifs (C(OH)–C–C–N with tert-alkyl or cyclic N) is 1. The molecule has 0 aliphatic carbocycles. The second-order valence-electron chi connectivity index (χ2n) is 9.62. The number of aliphatic hydroxyl groups is 1. The molecule has 186 valence electrons. The van der Waals surface area contributed by atoms with Gasteiger partial charge in [-0.1, -0.05) is 25.1 Å². The molecule has 7 nitrogen and oxygen atoms in total. The number of anilines is 2. The summed E-state index contributed by atoms with van der Waals surface area (Å²) in [6.45, 7) is 11.9. The normalized spacial score (nSPS) is 17.6. The SMILES string of the molecule is CCC(C)(Oc1cc(C)c(N)c(C)c1C)C(=O)NC1CCN(CC(O)Nc2ccccc2)CC1. The van der Waals surface area contributed by atoms with Crippen molar-refractivity contribution in [3.8, 4) is 5.75 Å². The summed E-state index contributed by atoms with van der Waals surface area (Å²) >= 11 is 0. The quantitative estimate of drug-likeness (QED) is 0.330. The molecule has 1 amide bonds. The standard InChI is InChI=1S/C27H40N4O3/c1-6-27(5,34-23-16-18(2)25(28)20(4)19(23)3)26(33)30-22-12-14-31(15-13-22)17-24(32)29-21-10-8-7-9-11-21/h7-11,16,22,24,29,32H,6,12-15,17,28H2,1-5H3,(H,30,33). The number of ether oxygens (including phenoxy) is 1. The number of rotatable bonds is 9. The van der Waals surface area contributed by atoms with Gasteiger partial charge in [0.15, 0.2) is 5.60 Å². The molecule has 2 unspecified atom stereocenters. The molecular formula is C27H40N4O3. The highest BCUT2D eigenvalue weighted by Gasteiger charge is 2.36.